The fraction of sp³-hybridized carbons (Fsp3) is 1.00. The summed E-state index contributed by atoms with van der Waals surface area (Å²) >= 11 is 0. The monoisotopic (exact) mass is 172 g/mol. The van der Waals surface area contributed by atoms with Crippen LogP contribution in [0.25, 0.3) is 0 Å². The molecule has 0 aromatic carbocycles. The van der Waals surface area contributed by atoms with Crippen LogP contribution in [0, 0.1) is 0 Å². The van der Waals surface area contributed by atoms with Gasteiger partial charge in [0.05, 0.1) is 6.10 Å². The average molecular weight is 172 g/mol. The molecular weight excluding hydrogens is 152 g/mol. The first-order chi connectivity index (χ1) is 5.61. The normalized spacial score (nSPS) is 31.5. The van der Waals surface area contributed by atoms with Crippen LogP contribution < -0.4 is 5.32 Å². The predicted molar refractivity (Wildman–Crippen MR) is 50.2 cm³/mol. The first-order valence-corrected chi connectivity index (χ1v) is 4.76. The van der Waals surface area contributed by atoms with Gasteiger partial charge in [-0.3, -0.25) is 4.90 Å². The smallest absolute Gasteiger partial charge is 0.0664 e. The van der Waals surface area contributed by atoms with E-state index in [9.17, 15) is 5.11 Å². The van der Waals surface area contributed by atoms with Crippen molar-refractivity contribution >= 4 is 0 Å². The van der Waals surface area contributed by atoms with E-state index in [1.54, 1.807) is 0 Å². The molecule has 1 aliphatic heterocycles. The Kier molecular flexibility index (Phi) is 3.50. The Morgan fingerprint density at radius 2 is 2.17 bits per heavy atom. The Balaban J connectivity index is 2.40. The number of nitrogens with zero attached hydrogens (tertiary/aromatic N) is 1. The van der Waals surface area contributed by atoms with Gasteiger partial charge in [-0.25, -0.2) is 0 Å². The van der Waals surface area contributed by atoms with Crippen LogP contribution in [0.5, 0.6) is 0 Å². The number of aliphatic hydroxyl groups is 1. The van der Waals surface area contributed by atoms with Crippen LogP contribution in [-0.4, -0.2) is 47.8 Å². The van der Waals surface area contributed by atoms with Gasteiger partial charge in [-0.05, 0) is 20.8 Å². The fourth-order valence-corrected chi connectivity index (χ4v) is 1.64. The molecule has 3 nitrogen and oxygen atoms in total. The molecule has 1 saturated heterocycles. The second-order valence-electron chi connectivity index (χ2n) is 3.83. The zero-order valence-electron chi connectivity index (χ0n) is 8.25. The minimum absolute atomic E-state index is 0.227. The number of hydrogen-bond acceptors (Lipinski definition) is 3. The summed E-state index contributed by atoms with van der Waals surface area (Å²) < 4.78 is 0. The predicted octanol–water partition coefficient (Wildman–Crippen LogP) is 0.0494. The Labute approximate surface area is 74.8 Å². The van der Waals surface area contributed by atoms with E-state index < -0.39 is 0 Å². The zero-order chi connectivity index (χ0) is 9.14. The largest absolute Gasteiger partial charge is 0.392 e. The molecule has 0 spiro atoms. The van der Waals surface area contributed by atoms with E-state index in [-0.39, 0.29) is 12.1 Å². The van der Waals surface area contributed by atoms with Crippen molar-refractivity contribution in [1.82, 2.24) is 10.2 Å². The number of rotatable bonds is 2. The van der Waals surface area contributed by atoms with Crippen LogP contribution >= 0.6 is 0 Å². The lowest BCUT2D eigenvalue weighted by Crippen LogP contribution is -2.54. The third-order valence-electron chi connectivity index (χ3n) is 2.67. The minimum Gasteiger partial charge on any atom is -0.392 e. The summed E-state index contributed by atoms with van der Waals surface area (Å²) in [5, 5.41) is 12.8. The first kappa shape index (κ1) is 9.96. The van der Waals surface area contributed by atoms with Gasteiger partial charge in [0.15, 0.2) is 0 Å². The molecule has 1 fully saturated rings. The van der Waals surface area contributed by atoms with Crippen molar-refractivity contribution in [2.45, 2.75) is 39.0 Å². The average Bonchev–Trinajstić information content (AvgIpc) is 2.03. The van der Waals surface area contributed by atoms with E-state index in [0.29, 0.717) is 6.04 Å². The number of aliphatic hydroxyl groups excluding tert-OH is 1. The molecule has 0 amide bonds. The highest BCUT2D eigenvalue weighted by molar-refractivity contribution is 4.80. The van der Waals surface area contributed by atoms with Crippen LogP contribution in [0.15, 0.2) is 0 Å². The summed E-state index contributed by atoms with van der Waals surface area (Å²) in [6.07, 6.45) is -0.227. The molecule has 0 radical (unpaired) electrons. The third kappa shape index (κ3) is 2.44. The van der Waals surface area contributed by atoms with Crippen molar-refractivity contribution in [1.29, 1.82) is 0 Å². The summed E-state index contributed by atoms with van der Waals surface area (Å²) in [4.78, 5) is 2.34. The van der Waals surface area contributed by atoms with E-state index in [1.165, 1.54) is 0 Å². The summed E-state index contributed by atoms with van der Waals surface area (Å²) in [6, 6.07) is 0.842. The van der Waals surface area contributed by atoms with Gasteiger partial charge in [0.25, 0.3) is 0 Å². The molecule has 2 unspecified atom stereocenters. The summed E-state index contributed by atoms with van der Waals surface area (Å²) in [7, 11) is 0. The molecule has 0 aliphatic carbocycles. The van der Waals surface area contributed by atoms with E-state index in [0.717, 1.165) is 19.6 Å². The van der Waals surface area contributed by atoms with Crippen LogP contribution in [-0.2, 0) is 0 Å². The Hall–Kier alpha value is -0.120. The lowest BCUT2D eigenvalue weighted by molar-refractivity contribution is 0.0544. The van der Waals surface area contributed by atoms with Crippen molar-refractivity contribution < 1.29 is 5.11 Å². The molecule has 12 heavy (non-hydrogen) atoms. The lowest BCUT2D eigenvalue weighted by atomic mass is 10.1. The molecule has 0 aromatic rings. The first-order valence-electron chi connectivity index (χ1n) is 4.76. The zero-order valence-corrected chi connectivity index (χ0v) is 8.25. The van der Waals surface area contributed by atoms with Gasteiger partial charge in [-0.2, -0.15) is 0 Å². The molecule has 3 atom stereocenters. The van der Waals surface area contributed by atoms with Gasteiger partial charge < -0.3 is 10.4 Å². The molecule has 2 N–H and O–H groups in total. The maximum absolute atomic E-state index is 9.40. The topological polar surface area (TPSA) is 35.5 Å². The molecule has 0 aromatic heterocycles. The highest BCUT2D eigenvalue weighted by Gasteiger charge is 2.22. The fourth-order valence-electron chi connectivity index (χ4n) is 1.64. The van der Waals surface area contributed by atoms with Crippen LogP contribution in [0.3, 0.4) is 0 Å². The SMILES string of the molecule is CC(O)C(C)N1CCN[C@@H](C)C1. The molecule has 3 heteroatoms. The summed E-state index contributed by atoms with van der Waals surface area (Å²) in [5.41, 5.74) is 0. The minimum atomic E-state index is -0.227. The summed E-state index contributed by atoms with van der Waals surface area (Å²) in [5.74, 6) is 0. The van der Waals surface area contributed by atoms with Crippen LogP contribution in [0.4, 0.5) is 0 Å². The quantitative estimate of drug-likeness (QED) is 0.618. The van der Waals surface area contributed by atoms with Gasteiger partial charge in [-0.1, -0.05) is 0 Å². The van der Waals surface area contributed by atoms with E-state index >= 15 is 0 Å². The third-order valence-corrected chi connectivity index (χ3v) is 2.67. The van der Waals surface area contributed by atoms with Gasteiger partial charge in [0, 0.05) is 31.7 Å². The second kappa shape index (κ2) is 4.21. The van der Waals surface area contributed by atoms with Crippen molar-refractivity contribution in [3.8, 4) is 0 Å². The van der Waals surface area contributed by atoms with Crippen LogP contribution in [0.1, 0.15) is 20.8 Å². The number of nitrogens with one attached hydrogen (secondary N) is 1. The van der Waals surface area contributed by atoms with Gasteiger partial charge in [0.2, 0.25) is 0 Å². The molecule has 72 valence electrons. The highest BCUT2D eigenvalue weighted by atomic mass is 16.3. The highest BCUT2D eigenvalue weighted by Crippen LogP contribution is 2.07. The maximum atomic E-state index is 9.40. The Morgan fingerprint density at radius 3 is 2.67 bits per heavy atom. The van der Waals surface area contributed by atoms with E-state index in [4.69, 9.17) is 0 Å². The Bertz CT molecular complexity index is 138. The van der Waals surface area contributed by atoms with E-state index in [1.807, 2.05) is 6.92 Å². The molecule has 1 rings (SSSR count). The van der Waals surface area contributed by atoms with Gasteiger partial charge in [0.1, 0.15) is 0 Å². The lowest BCUT2D eigenvalue weighted by Gasteiger charge is -2.37. The van der Waals surface area contributed by atoms with Crippen molar-refractivity contribution in [3.63, 3.8) is 0 Å². The summed E-state index contributed by atoms with van der Waals surface area (Å²) in [6.45, 7) is 9.27. The molecule has 1 aliphatic rings. The molecule has 1 heterocycles. The van der Waals surface area contributed by atoms with Crippen molar-refractivity contribution in [2.75, 3.05) is 19.6 Å². The molecule has 0 bridgehead atoms. The maximum Gasteiger partial charge on any atom is 0.0664 e. The van der Waals surface area contributed by atoms with Gasteiger partial charge in [-0.15, -0.1) is 0 Å². The standard InChI is InChI=1S/C9H20N2O/c1-7-6-11(5-4-10-7)8(2)9(3)12/h7-10,12H,4-6H2,1-3H3/t7-,8?,9?/m0/s1. The molecule has 0 saturated carbocycles. The second-order valence-corrected chi connectivity index (χ2v) is 3.83. The number of piperazine rings is 1. The van der Waals surface area contributed by atoms with Crippen LogP contribution in [0.2, 0.25) is 0 Å². The van der Waals surface area contributed by atoms with Crippen molar-refractivity contribution in [2.24, 2.45) is 0 Å². The molecular formula is C9H20N2O. The van der Waals surface area contributed by atoms with Gasteiger partial charge >= 0.3 is 0 Å². The van der Waals surface area contributed by atoms with Crippen molar-refractivity contribution in [3.05, 3.63) is 0 Å². The Morgan fingerprint density at radius 1 is 1.50 bits per heavy atom. The van der Waals surface area contributed by atoms with E-state index in [2.05, 4.69) is 24.1 Å². The number of hydrogen-bond donors (Lipinski definition) is 2.